The highest BCUT2D eigenvalue weighted by molar-refractivity contribution is 6.42. The second-order valence-electron chi connectivity index (χ2n) is 5.65. The van der Waals surface area contributed by atoms with Gasteiger partial charge in [-0.15, -0.1) is 0 Å². The molecule has 0 saturated carbocycles. The SMILES string of the molecule is NC(=O)c1ccc(C(=O)N2CCC(Oc3ccc(Cl)c(Cl)c3)C2)cn1. The Labute approximate surface area is 154 Å². The fraction of sp³-hybridized carbons (Fsp3) is 0.235. The van der Waals surface area contributed by atoms with Gasteiger partial charge in [0.15, 0.2) is 0 Å². The number of nitrogens with zero attached hydrogens (tertiary/aromatic N) is 2. The molecule has 2 aromatic rings. The van der Waals surface area contributed by atoms with E-state index in [4.69, 9.17) is 33.7 Å². The van der Waals surface area contributed by atoms with Crippen LogP contribution in [-0.2, 0) is 0 Å². The zero-order valence-electron chi connectivity index (χ0n) is 13.1. The van der Waals surface area contributed by atoms with E-state index >= 15 is 0 Å². The molecule has 0 spiro atoms. The van der Waals surface area contributed by atoms with E-state index in [9.17, 15) is 9.59 Å². The Morgan fingerprint density at radius 1 is 1.20 bits per heavy atom. The van der Waals surface area contributed by atoms with Crippen LogP contribution in [0.5, 0.6) is 5.75 Å². The van der Waals surface area contributed by atoms with E-state index in [1.54, 1.807) is 29.2 Å². The normalized spacial score (nSPS) is 16.7. The minimum Gasteiger partial charge on any atom is -0.488 e. The Kier molecular flexibility index (Phi) is 5.11. The van der Waals surface area contributed by atoms with Crippen molar-refractivity contribution in [2.75, 3.05) is 13.1 Å². The van der Waals surface area contributed by atoms with Gasteiger partial charge in [0.05, 0.1) is 22.2 Å². The summed E-state index contributed by atoms with van der Waals surface area (Å²) in [5, 5.41) is 0.884. The number of likely N-dealkylation sites (tertiary alicyclic amines) is 1. The van der Waals surface area contributed by atoms with Gasteiger partial charge < -0.3 is 15.4 Å². The van der Waals surface area contributed by atoms with E-state index in [2.05, 4.69) is 4.98 Å². The maximum absolute atomic E-state index is 12.5. The third-order valence-electron chi connectivity index (χ3n) is 3.89. The number of carbonyl (C=O) groups is 2. The Hall–Kier alpha value is -2.31. The number of halogens is 2. The summed E-state index contributed by atoms with van der Waals surface area (Å²) in [4.78, 5) is 29.1. The molecule has 1 unspecified atom stereocenters. The lowest BCUT2D eigenvalue weighted by atomic mass is 10.2. The number of ether oxygens (including phenoxy) is 1. The van der Waals surface area contributed by atoms with Gasteiger partial charge in [-0.25, -0.2) is 0 Å². The van der Waals surface area contributed by atoms with Crippen LogP contribution >= 0.6 is 23.2 Å². The predicted molar refractivity (Wildman–Crippen MR) is 94.2 cm³/mol. The summed E-state index contributed by atoms with van der Waals surface area (Å²) in [5.74, 6) is -0.180. The average Bonchev–Trinajstić information content (AvgIpc) is 3.06. The highest BCUT2D eigenvalue weighted by Crippen LogP contribution is 2.28. The number of amides is 2. The van der Waals surface area contributed by atoms with Crippen LogP contribution in [0, 0.1) is 0 Å². The van der Waals surface area contributed by atoms with Gasteiger partial charge in [-0.05, 0) is 24.3 Å². The van der Waals surface area contributed by atoms with Gasteiger partial charge in [0.25, 0.3) is 11.8 Å². The molecule has 6 nitrogen and oxygen atoms in total. The van der Waals surface area contributed by atoms with Crippen LogP contribution in [0.1, 0.15) is 27.3 Å². The van der Waals surface area contributed by atoms with Gasteiger partial charge in [-0.3, -0.25) is 14.6 Å². The van der Waals surface area contributed by atoms with Crippen molar-refractivity contribution in [3.05, 3.63) is 57.8 Å². The van der Waals surface area contributed by atoms with Crippen LogP contribution in [0.15, 0.2) is 36.5 Å². The van der Waals surface area contributed by atoms with E-state index < -0.39 is 5.91 Å². The third kappa shape index (κ3) is 4.03. The van der Waals surface area contributed by atoms with Gasteiger partial charge in [-0.1, -0.05) is 23.2 Å². The summed E-state index contributed by atoms with van der Waals surface area (Å²) in [6, 6.07) is 8.05. The molecule has 0 bridgehead atoms. The topological polar surface area (TPSA) is 85.5 Å². The summed E-state index contributed by atoms with van der Waals surface area (Å²) < 4.78 is 5.86. The first-order valence-corrected chi connectivity index (χ1v) is 8.36. The number of rotatable bonds is 4. The van der Waals surface area contributed by atoms with E-state index in [-0.39, 0.29) is 17.7 Å². The van der Waals surface area contributed by atoms with Gasteiger partial charge in [0.1, 0.15) is 17.5 Å². The highest BCUT2D eigenvalue weighted by Gasteiger charge is 2.28. The smallest absolute Gasteiger partial charge is 0.267 e. The molecule has 1 aliphatic heterocycles. The van der Waals surface area contributed by atoms with Crippen molar-refractivity contribution in [2.24, 2.45) is 5.73 Å². The number of hydrogen-bond donors (Lipinski definition) is 1. The third-order valence-corrected chi connectivity index (χ3v) is 4.63. The molecule has 8 heteroatoms. The van der Waals surface area contributed by atoms with Crippen molar-refractivity contribution in [3.8, 4) is 5.75 Å². The lowest BCUT2D eigenvalue weighted by Gasteiger charge is -2.17. The predicted octanol–water partition coefficient (Wildman–Crippen LogP) is 2.78. The fourth-order valence-electron chi connectivity index (χ4n) is 2.60. The molecule has 1 aliphatic rings. The van der Waals surface area contributed by atoms with E-state index in [0.717, 1.165) is 0 Å². The first kappa shape index (κ1) is 17.5. The first-order valence-electron chi connectivity index (χ1n) is 7.61. The molecule has 25 heavy (non-hydrogen) atoms. The lowest BCUT2D eigenvalue weighted by molar-refractivity contribution is 0.0771. The zero-order chi connectivity index (χ0) is 18.0. The van der Waals surface area contributed by atoms with E-state index in [0.29, 0.717) is 40.9 Å². The first-order chi connectivity index (χ1) is 11.9. The van der Waals surface area contributed by atoms with Crippen LogP contribution in [-0.4, -0.2) is 40.9 Å². The zero-order valence-corrected chi connectivity index (χ0v) is 14.6. The van der Waals surface area contributed by atoms with Crippen LogP contribution in [0.4, 0.5) is 0 Å². The molecule has 2 heterocycles. The molecule has 2 amide bonds. The molecule has 3 rings (SSSR count). The van der Waals surface area contributed by atoms with E-state index in [1.165, 1.54) is 12.3 Å². The fourth-order valence-corrected chi connectivity index (χ4v) is 2.89. The number of benzene rings is 1. The lowest BCUT2D eigenvalue weighted by Crippen LogP contribution is -2.31. The number of carbonyl (C=O) groups excluding carboxylic acids is 2. The maximum Gasteiger partial charge on any atom is 0.267 e. The maximum atomic E-state index is 12.5. The Bertz CT molecular complexity index is 811. The standard InChI is InChI=1S/C17H15Cl2N3O3/c18-13-3-2-11(7-14(13)19)25-12-5-6-22(9-12)17(24)10-1-4-15(16(20)23)21-8-10/h1-4,7-8,12H,5-6,9H2,(H2,20,23). The molecule has 1 atom stereocenters. The summed E-state index contributed by atoms with van der Waals surface area (Å²) >= 11 is 11.9. The van der Waals surface area contributed by atoms with Crippen molar-refractivity contribution < 1.29 is 14.3 Å². The molecule has 2 N–H and O–H groups in total. The molecule has 130 valence electrons. The monoisotopic (exact) mass is 379 g/mol. The number of aromatic nitrogens is 1. The van der Waals surface area contributed by atoms with Crippen LogP contribution in [0.3, 0.4) is 0 Å². The number of nitrogens with two attached hydrogens (primary N) is 1. The van der Waals surface area contributed by atoms with Gasteiger partial charge in [-0.2, -0.15) is 0 Å². The molecular weight excluding hydrogens is 365 g/mol. The average molecular weight is 380 g/mol. The number of pyridine rings is 1. The van der Waals surface area contributed by atoms with Gasteiger partial charge >= 0.3 is 0 Å². The van der Waals surface area contributed by atoms with Crippen molar-refractivity contribution in [1.29, 1.82) is 0 Å². The Morgan fingerprint density at radius 2 is 2.00 bits per heavy atom. The van der Waals surface area contributed by atoms with Crippen LogP contribution in [0.25, 0.3) is 0 Å². The molecule has 1 aromatic carbocycles. The Balaban J connectivity index is 1.62. The number of primary amides is 1. The van der Waals surface area contributed by atoms with Crippen LogP contribution in [0.2, 0.25) is 10.0 Å². The van der Waals surface area contributed by atoms with Crippen molar-refractivity contribution >= 4 is 35.0 Å². The second-order valence-corrected chi connectivity index (χ2v) is 6.47. The summed E-state index contributed by atoms with van der Waals surface area (Å²) in [6.45, 7) is 1.03. The molecule has 0 radical (unpaired) electrons. The second kappa shape index (κ2) is 7.29. The quantitative estimate of drug-likeness (QED) is 0.884. The minimum atomic E-state index is -0.629. The van der Waals surface area contributed by atoms with Crippen molar-refractivity contribution in [3.63, 3.8) is 0 Å². The highest BCUT2D eigenvalue weighted by atomic mass is 35.5. The van der Waals surface area contributed by atoms with Crippen molar-refractivity contribution in [2.45, 2.75) is 12.5 Å². The summed E-state index contributed by atoms with van der Waals surface area (Å²) in [6.07, 6.45) is 1.94. The van der Waals surface area contributed by atoms with Crippen molar-refractivity contribution in [1.82, 2.24) is 9.88 Å². The molecule has 1 saturated heterocycles. The molecule has 1 fully saturated rings. The summed E-state index contributed by atoms with van der Waals surface area (Å²) in [5.41, 5.74) is 5.67. The molecule has 0 aliphatic carbocycles. The van der Waals surface area contributed by atoms with E-state index in [1.807, 2.05) is 0 Å². The largest absolute Gasteiger partial charge is 0.488 e. The summed E-state index contributed by atoms with van der Waals surface area (Å²) in [7, 11) is 0. The Morgan fingerprint density at radius 3 is 2.64 bits per heavy atom. The molecular formula is C17H15Cl2N3O3. The molecule has 1 aromatic heterocycles. The van der Waals surface area contributed by atoms with Gasteiger partial charge in [0, 0.05) is 25.2 Å². The van der Waals surface area contributed by atoms with Crippen LogP contribution < -0.4 is 10.5 Å². The minimum absolute atomic E-state index is 0.124. The number of hydrogen-bond acceptors (Lipinski definition) is 4. The van der Waals surface area contributed by atoms with Gasteiger partial charge in [0.2, 0.25) is 0 Å².